The Kier molecular flexibility index (Phi) is 8.70. The first-order valence-corrected chi connectivity index (χ1v) is 12.6. The number of carbonyl (C=O) groups excluding carboxylic acids is 2. The molecule has 208 valence electrons. The summed E-state index contributed by atoms with van der Waals surface area (Å²) in [6.45, 7) is 2.31. The molecule has 0 bridgehead atoms. The smallest absolute Gasteiger partial charge is 0.349 e. The van der Waals surface area contributed by atoms with Crippen LogP contribution in [-0.2, 0) is 6.18 Å². The third-order valence-corrected chi connectivity index (χ3v) is 6.85. The first-order valence-electron chi connectivity index (χ1n) is 11.8. The van der Waals surface area contributed by atoms with Gasteiger partial charge in [-0.3, -0.25) is 14.5 Å². The van der Waals surface area contributed by atoms with Crippen LogP contribution in [0.5, 0.6) is 0 Å². The summed E-state index contributed by atoms with van der Waals surface area (Å²) in [5, 5.41) is 8.67. The van der Waals surface area contributed by atoms with E-state index in [4.69, 9.17) is 0 Å². The predicted octanol–water partition coefficient (Wildman–Crippen LogP) is 4.72. The summed E-state index contributed by atoms with van der Waals surface area (Å²) in [4.78, 5) is 34.3. The monoisotopic (exact) mass is 569 g/mol. The van der Waals surface area contributed by atoms with Crippen LogP contribution in [-0.4, -0.2) is 63.2 Å². The number of carbonyl (C=O) groups is 2. The van der Waals surface area contributed by atoms with Gasteiger partial charge < -0.3 is 16.0 Å². The Bertz CT molecular complexity index is 1290. The molecule has 1 aromatic carbocycles. The highest BCUT2D eigenvalue weighted by atomic mass is 32.1. The average molecular weight is 570 g/mol. The van der Waals surface area contributed by atoms with Crippen molar-refractivity contribution in [1.82, 2.24) is 24.6 Å². The fourth-order valence-corrected chi connectivity index (χ4v) is 4.80. The highest BCUT2D eigenvalue weighted by Crippen LogP contribution is 2.30. The quantitative estimate of drug-likeness (QED) is 0.337. The zero-order valence-corrected chi connectivity index (χ0v) is 21.4. The molecule has 2 amide bonds. The van der Waals surface area contributed by atoms with Gasteiger partial charge in [-0.25, -0.2) is 18.7 Å². The molecular formula is C24H24F5N7O2S. The maximum absolute atomic E-state index is 13.0. The number of nitrogens with one attached hydrogen (secondary N) is 3. The van der Waals surface area contributed by atoms with Gasteiger partial charge in [0.15, 0.2) is 5.69 Å². The van der Waals surface area contributed by atoms with Crippen LogP contribution < -0.4 is 16.0 Å². The lowest BCUT2D eigenvalue weighted by atomic mass is 10.0. The lowest BCUT2D eigenvalue weighted by Crippen LogP contribution is -2.45. The van der Waals surface area contributed by atoms with Gasteiger partial charge in [0.25, 0.3) is 18.2 Å². The predicted molar refractivity (Wildman–Crippen MR) is 134 cm³/mol. The SMILES string of the molecule is Cc1nsc(Nc2cnc(C(F)(F)F)cn2)c1C(=O)Nc1ccc(C(=O)NC2CCN(CC(F)F)CC2)cc1. The Morgan fingerprint density at radius 1 is 1.08 bits per heavy atom. The van der Waals surface area contributed by atoms with Crippen LogP contribution in [0.25, 0.3) is 0 Å². The zero-order chi connectivity index (χ0) is 28.2. The minimum Gasteiger partial charge on any atom is -0.349 e. The van der Waals surface area contributed by atoms with E-state index in [1.807, 2.05) is 0 Å². The molecule has 1 aliphatic rings. The van der Waals surface area contributed by atoms with Crippen molar-refractivity contribution >= 4 is 39.9 Å². The molecule has 4 rings (SSSR count). The molecule has 0 saturated carbocycles. The summed E-state index contributed by atoms with van der Waals surface area (Å²) in [5.74, 6) is -0.811. The van der Waals surface area contributed by atoms with Gasteiger partial charge >= 0.3 is 6.18 Å². The molecule has 3 aromatic rings. The van der Waals surface area contributed by atoms with Crippen molar-refractivity contribution in [2.24, 2.45) is 0 Å². The minimum atomic E-state index is -4.62. The minimum absolute atomic E-state index is 0.00996. The normalized spacial score (nSPS) is 14.8. The van der Waals surface area contributed by atoms with Gasteiger partial charge in [0.2, 0.25) is 0 Å². The van der Waals surface area contributed by atoms with Gasteiger partial charge in [-0.2, -0.15) is 17.5 Å². The van der Waals surface area contributed by atoms with E-state index in [2.05, 4.69) is 30.3 Å². The summed E-state index contributed by atoms with van der Waals surface area (Å²) in [6, 6.07) is 6.10. The van der Waals surface area contributed by atoms with Crippen molar-refractivity contribution in [1.29, 1.82) is 0 Å². The molecule has 1 aliphatic heterocycles. The highest BCUT2D eigenvalue weighted by Gasteiger charge is 2.33. The molecule has 9 nitrogen and oxygen atoms in total. The van der Waals surface area contributed by atoms with Gasteiger partial charge in [-0.05, 0) is 55.6 Å². The Labute approximate surface area is 224 Å². The first kappa shape index (κ1) is 28.3. The zero-order valence-electron chi connectivity index (χ0n) is 20.6. The molecule has 0 atom stereocenters. The molecule has 1 saturated heterocycles. The van der Waals surface area contributed by atoms with Gasteiger partial charge in [0.05, 0.1) is 30.2 Å². The number of hydrogen-bond donors (Lipinski definition) is 3. The number of anilines is 3. The number of alkyl halides is 5. The fraction of sp³-hybridized carbons (Fsp3) is 0.375. The maximum Gasteiger partial charge on any atom is 0.434 e. The Morgan fingerprint density at radius 3 is 2.36 bits per heavy atom. The van der Waals surface area contributed by atoms with Crippen LogP contribution in [0.4, 0.5) is 38.5 Å². The van der Waals surface area contributed by atoms with Crippen LogP contribution in [0, 0.1) is 6.92 Å². The van der Waals surface area contributed by atoms with Crippen molar-refractivity contribution in [2.45, 2.75) is 38.4 Å². The van der Waals surface area contributed by atoms with E-state index in [-0.39, 0.29) is 34.9 Å². The van der Waals surface area contributed by atoms with Gasteiger partial charge in [0.1, 0.15) is 10.8 Å². The number of benzene rings is 1. The van der Waals surface area contributed by atoms with Gasteiger partial charge in [0, 0.05) is 30.4 Å². The molecule has 39 heavy (non-hydrogen) atoms. The van der Waals surface area contributed by atoms with E-state index in [1.54, 1.807) is 36.1 Å². The molecule has 1 fully saturated rings. The summed E-state index contributed by atoms with van der Waals surface area (Å²) in [5.41, 5.74) is 0.221. The highest BCUT2D eigenvalue weighted by molar-refractivity contribution is 7.10. The van der Waals surface area contributed by atoms with Crippen molar-refractivity contribution in [3.63, 3.8) is 0 Å². The lowest BCUT2D eigenvalue weighted by molar-refractivity contribution is -0.141. The second-order valence-electron chi connectivity index (χ2n) is 8.85. The summed E-state index contributed by atoms with van der Waals surface area (Å²) in [7, 11) is 0. The van der Waals surface area contributed by atoms with E-state index in [1.165, 1.54) is 0 Å². The number of amides is 2. The van der Waals surface area contributed by atoms with E-state index in [0.717, 1.165) is 17.7 Å². The number of likely N-dealkylation sites (tertiary alicyclic amines) is 1. The number of halogens is 5. The van der Waals surface area contributed by atoms with Crippen LogP contribution >= 0.6 is 11.5 Å². The second-order valence-corrected chi connectivity index (χ2v) is 9.63. The van der Waals surface area contributed by atoms with Crippen LogP contribution in [0.2, 0.25) is 0 Å². The summed E-state index contributed by atoms with van der Waals surface area (Å²) < 4.78 is 67.4. The number of aryl methyl sites for hydroxylation is 1. The number of aromatic nitrogens is 3. The standard InChI is InChI=1S/C24H24F5N7O2S/c1-13-20(23(39-35-13)34-19-11-30-17(10-31-19)24(27,28)29)22(38)33-15-4-2-14(3-5-15)21(37)32-16-6-8-36(9-7-16)12-18(25)26/h2-5,10-11,16,18H,6-9,12H2,1H3,(H,31,34)(H,32,37)(H,33,38). The number of hydrogen-bond acceptors (Lipinski definition) is 8. The molecule has 15 heteroatoms. The van der Waals surface area contributed by atoms with E-state index in [9.17, 15) is 31.5 Å². The topological polar surface area (TPSA) is 112 Å². The number of nitrogens with zero attached hydrogens (tertiary/aromatic N) is 4. The maximum atomic E-state index is 13.0. The Balaban J connectivity index is 1.34. The average Bonchev–Trinajstić information content (AvgIpc) is 3.25. The Hall–Kier alpha value is -3.72. The van der Waals surface area contributed by atoms with Crippen molar-refractivity contribution < 1.29 is 31.5 Å². The largest absolute Gasteiger partial charge is 0.434 e. The fourth-order valence-electron chi connectivity index (χ4n) is 4.00. The summed E-state index contributed by atoms with van der Waals surface area (Å²) >= 11 is 0.940. The van der Waals surface area contributed by atoms with Gasteiger partial charge in [-0.1, -0.05) is 0 Å². The van der Waals surface area contributed by atoms with E-state index in [0.29, 0.717) is 49.1 Å². The molecule has 0 radical (unpaired) electrons. The molecule has 0 spiro atoms. The molecule has 0 aliphatic carbocycles. The molecule has 3 heterocycles. The lowest BCUT2D eigenvalue weighted by Gasteiger charge is -2.32. The molecule has 2 aromatic heterocycles. The van der Waals surface area contributed by atoms with E-state index >= 15 is 0 Å². The number of rotatable bonds is 8. The third kappa shape index (κ3) is 7.44. The number of piperidine rings is 1. The summed E-state index contributed by atoms with van der Waals surface area (Å²) in [6.07, 6.45) is -4.35. The molecular weight excluding hydrogens is 545 g/mol. The third-order valence-electron chi connectivity index (χ3n) is 6.00. The van der Waals surface area contributed by atoms with Crippen LogP contribution in [0.3, 0.4) is 0 Å². The van der Waals surface area contributed by atoms with Crippen molar-refractivity contribution in [3.8, 4) is 0 Å². The molecule has 3 N–H and O–H groups in total. The van der Waals surface area contributed by atoms with Crippen molar-refractivity contribution in [3.05, 3.63) is 59.2 Å². The molecule has 0 unspecified atom stereocenters. The Morgan fingerprint density at radius 2 is 1.77 bits per heavy atom. The van der Waals surface area contributed by atoms with Crippen molar-refractivity contribution in [2.75, 3.05) is 30.3 Å². The van der Waals surface area contributed by atoms with Crippen LogP contribution in [0.1, 0.15) is 44.9 Å². The second kappa shape index (κ2) is 12.0. The van der Waals surface area contributed by atoms with Crippen LogP contribution in [0.15, 0.2) is 36.7 Å². The van der Waals surface area contributed by atoms with Gasteiger partial charge in [-0.15, -0.1) is 0 Å². The van der Waals surface area contributed by atoms with E-state index < -0.39 is 24.2 Å². The first-order chi connectivity index (χ1) is 18.5.